The number of nitrogens with zero attached hydrogens (tertiary/aromatic N) is 4. The molecule has 0 amide bonds. The summed E-state index contributed by atoms with van der Waals surface area (Å²) in [6, 6.07) is 53.7. The number of hydrogen-bond acceptors (Lipinski definition) is 4. The summed E-state index contributed by atoms with van der Waals surface area (Å²) < 4.78 is 2.34. The van der Waals surface area contributed by atoms with Gasteiger partial charge in [0.2, 0.25) is 0 Å². The third-order valence-corrected chi connectivity index (χ3v) is 12.1. The van der Waals surface area contributed by atoms with Crippen molar-refractivity contribution in [2.24, 2.45) is 0 Å². The highest BCUT2D eigenvalue weighted by atomic mass is 16.3. The topological polar surface area (TPSA) is 63.8 Å². The summed E-state index contributed by atoms with van der Waals surface area (Å²) in [6.07, 6.45) is 6.34. The van der Waals surface area contributed by atoms with E-state index in [0.29, 0.717) is 11.4 Å². The largest absolute Gasteiger partial charge is 0.507 e. The molecule has 63 heavy (non-hydrogen) atoms. The number of imidazole rings is 1. The molecule has 5 heteroatoms. The molecule has 0 unspecified atom stereocenters. The third-order valence-electron chi connectivity index (χ3n) is 12.1. The molecule has 312 valence electrons. The van der Waals surface area contributed by atoms with Gasteiger partial charge in [0.25, 0.3) is 0 Å². The minimum absolute atomic E-state index is 0.190. The number of fused-ring (bicyclic) bond motifs is 1. The van der Waals surface area contributed by atoms with Crippen LogP contribution < -0.4 is 0 Å². The predicted octanol–water partition coefficient (Wildman–Crippen LogP) is 15.0. The normalized spacial score (nSPS) is 11.8. The fourth-order valence-electron chi connectivity index (χ4n) is 8.92. The van der Waals surface area contributed by atoms with Gasteiger partial charge in [0.15, 0.2) is 0 Å². The number of aromatic hydroxyl groups is 1. The molecule has 0 saturated heterocycles. The van der Waals surface area contributed by atoms with Gasteiger partial charge in [-0.05, 0) is 140 Å². The quantitative estimate of drug-likeness (QED) is 0.149. The van der Waals surface area contributed by atoms with Gasteiger partial charge in [-0.25, -0.2) is 4.98 Å². The Kier molecular flexibility index (Phi) is 11.1. The lowest BCUT2D eigenvalue weighted by Gasteiger charge is -2.25. The molecular formula is C58H54N4O. The summed E-state index contributed by atoms with van der Waals surface area (Å²) in [5.41, 5.74) is 17.7. The van der Waals surface area contributed by atoms with Crippen molar-refractivity contribution in [1.29, 1.82) is 0 Å². The Morgan fingerprint density at radius 1 is 0.540 bits per heavy atom. The van der Waals surface area contributed by atoms with Gasteiger partial charge in [-0.1, -0.05) is 139 Å². The molecule has 0 fully saturated rings. The van der Waals surface area contributed by atoms with E-state index in [1.165, 1.54) is 27.8 Å². The molecule has 3 heterocycles. The molecule has 0 radical (unpaired) electrons. The van der Waals surface area contributed by atoms with Gasteiger partial charge >= 0.3 is 0 Å². The van der Waals surface area contributed by atoms with Gasteiger partial charge in [-0.15, -0.1) is 0 Å². The Morgan fingerprint density at radius 3 is 1.81 bits per heavy atom. The second-order valence-corrected chi connectivity index (χ2v) is 18.3. The van der Waals surface area contributed by atoms with E-state index in [1.54, 1.807) is 0 Å². The van der Waals surface area contributed by atoms with Gasteiger partial charge in [0.05, 0.1) is 28.0 Å². The Labute approximate surface area is 371 Å². The third kappa shape index (κ3) is 8.19. The number of rotatable bonds is 10. The predicted molar refractivity (Wildman–Crippen MR) is 262 cm³/mol. The van der Waals surface area contributed by atoms with Crippen molar-refractivity contribution in [2.45, 2.75) is 72.1 Å². The maximum Gasteiger partial charge on any atom is 0.149 e. The van der Waals surface area contributed by atoms with Gasteiger partial charge < -0.3 is 5.11 Å². The van der Waals surface area contributed by atoms with E-state index in [9.17, 15) is 5.11 Å². The zero-order valence-electron chi connectivity index (χ0n) is 37.3. The first kappa shape index (κ1) is 41.3. The van der Waals surface area contributed by atoms with Crippen LogP contribution in [0.15, 0.2) is 170 Å². The molecule has 0 atom stereocenters. The zero-order valence-corrected chi connectivity index (χ0v) is 37.3. The Morgan fingerprint density at radius 2 is 1.16 bits per heavy atom. The number of hydrogen-bond donors (Lipinski definition) is 1. The van der Waals surface area contributed by atoms with Crippen LogP contribution in [0.2, 0.25) is 0 Å². The van der Waals surface area contributed by atoms with E-state index >= 15 is 0 Å². The highest BCUT2D eigenvalue weighted by molar-refractivity contribution is 5.97. The van der Waals surface area contributed by atoms with E-state index in [4.69, 9.17) is 9.97 Å². The van der Waals surface area contributed by atoms with E-state index in [-0.39, 0.29) is 23.0 Å². The average molecular weight is 823 g/mol. The van der Waals surface area contributed by atoms with E-state index < -0.39 is 0 Å². The first-order valence-corrected chi connectivity index (χ1v) is 22.1. The van der Waals surface area contributed by atoms with Crippen LogP contribution in [0.5, 0.6) is 5.75 Å². The van der Waals surface area contributed by atoms with Crippen LogP contribution in [0.25, 0.3) is 72.7 Å². The molecule has 0 spiro atoms. The Balaban J connectivity index is 1.33. The van der Waals surface area contributed by atoms with Crippen molar-refractivity contribution >= 4 is 11.0 Å². The number of benzene rings is 6. The molecule has 3 aromatic heterocycles. The van der Waals surface area contributed by atoms with Crippen LogP contribution in [-0.2, 0) is 11.8 Å². The highest BCUT2D eigenvalue weighted by Crippen LogP contribution is 2.45. The molecule has 9 aromatic rings. The number of pyridine rings is 2. The molecular weight excluding hydrogens is 769 g/mol. The van der Waals surface area contributed by atoms with Crippen LogP contribution in [0.1, 0.15) is 88.1 Å². The lowest BCUT2D eigenvalue weighted by atomic mass is 9.85. The zero-order chi connectivity index (χ0) is 43.8. The first-order chi connectivity index (χ1) is 30.4. The Bertz CT molecular complexity index is 3040. The van der Waals surface area contributed by atoms with E-state index in [0.717, 1.165) is 67.8 Å². The van der Waals surface area contributed by atoms with Gasteiger partial charge in [0, 0.05) is 29.7 Å². The summed E-state index contributed by atoms with van der Waals surface area (Å²) in [4.78, 5) is 14.9. The van der Waals surface area contributed by atoms with Crippen molar-refractivity contribution in [3.05, 3.63) is 198 Å². The summed E-state index contributed by atoms with van der Waals surface area (Å²) in [6.45, 7) is 15.5. The molecule has 1 N–H and O–H groups in total. The molecule has 0 aliphatic heterocycles. The van der Waals surface area contributed by atoms with Gasteiger partial charge in [0.1, 0.15) is 11.6 Å². The van der Waals surface area contributed by atoms with Crippen molar-refractivity contribution in [2.75, 3.05) is 0 Å². The molecule has 5 nitrogen and oxygen atoms in total. The van der Waals surface area contributed by atoms with Crippen LogP contribution in [-0.4, -0.2) is 24.6 Å². The van der Waals surface area contributed by atoms with E-state index in [2.05, 4.69) is 191 Å². The lowest BCUT2D eigenvalue weighted by molar-refractivity contribution is 0.448. The maximum atomic E-state index is 12.3. The minimum atomic E-state index is -0.289. The summed E-state index contributed by atoms with van der Waals surface area (Å²) in [7, 11) is 0. The van der Waals surface area contributed by atoms with Crippen molar-refractivity contribution < 1.29 is 5.11 Å². The molecule has 0 aliphatic rings. The van der Waals surface area contributed by atoms with Crippen LogP contribution in [0.4, 0.5) is 0 Å². The summed E-state index contributed by atoms with van der Waals surface area (Å²) in [5.74, 6) is 1.35. The first-order valence-electron chi connectivity index (χ1n) is 22.1. The summed E-state index contributed by atoms with van der Waals surface area (Å²) >= 11 is 0. The van der Waals surface area contributed by atoms with Gasteiger partial charge in [-0.3, -0.25) is 14.5 Å². The van der Waals surface area contributed by atoms with Gasteiger partial charge in [-0.2, -0.15) is 0 Å². The molecule has 0 aliphatic carbocycles. The highest BCUT2D eigenvalue weighted by Gasteiger charge is 2.28. The summed E-state index contributed by atoms with van der Waals surface area (Å²) in [5, 5.41) is 12.3. The molecule has 9 rings (SSSR count). The van der Waals surface area contributed by atoms with Crippen molar-refractivity contribution in [1.82, 2.24) is 19.5 Å². The van der Waals surface area contributed by atoms with Crippen LogP contribution >= 0.6 is 0 Å². The second-order valence-electron chi connectivity index (χ2n) is 18.3. The second kappa shape index (κ2) is 17.0. The monoisotopic (exact) mass is 822 g/mol. The fraction of sp³-hybridized carbons (Fsp3) is 0.190. The van der Waals surface area contributed by atoms with E-state index in [1.807, 2.05) is 36.8 Å². The SMILES string of the molecule is CC(C)c1cc(-c2ccccc2)cc(C(C)C)c1-n1c(-c2cccc(C(C)(C)C)c2O)nc2c(-c3cc(Cc4ccncc4)cc(-c4cc(-c5ccccc5)ccn4)c3)cccc21. The Hall–Kier alpha value is -7.11. The number of para-hydroxylation sites is 2. The minimum Gasteiger partial charge on any atom is -0.507 e. The fourth-order valence-corrected chi connectivity index (χ4v) is 8.92. The average Bonchev–Trinajstić information content (AvgIpc) is 3.68. The number of aromatic nitrogens is 4. The molecule has 0 bridgehead atoms. The number of phenolic OH excluding ortho intramolecular Hbond substituents is 1. The standard InChI is InChI=1S/C58H54N4O/c1-37(2)49-34-44(42-18-12-9-13-19-42)35-50(38(3)4)55(49)62-53-23-15-20-47(54(53)61-57(62)48-21-14-22-51(56(48)63)58(5,6)7)45-31-40(30-39-24-27-59-28-25-39)32-46(33-45)52-36-43(26-29-60-52)41-16-10-8-11-17-41/h8-29,31-38,63H,30H2,1-7H3. The van der Waals surface area contributed by atoms with Crippen molar-refractivity contribution in [3.63, 3.8) is 0 Å². The molecule has 6 aromatic carbocycles. The van der Waals surface area contributed by atoms with Crippen molar-refractivity contribution in [3.8, 4) is 67.5 Å². The van der Waals surface area contributed by atoms with Crippen LogP contribution in [0.3, 0.4) is 0 Å². The van der Waals surface area contributed by atoms with Crippen LogP contribution in [0, 0.1) is 0 Å². The molecule has 0 saturated carbocycles. The smallest absolute Gasteiger partial charge is 0.149 e. The lowest BCUT2D eigenvalue weighted by Crippen LogP contribution is -2.12. The number of phenols is 1. The maximum absolute atomic E-state index is 12.3.